The van der Waals surface area contributed by atoms with Gasteiger partial charge >= 0.3 is 0 Å². The van der Waals surface area contributed by atoms with Crippen molar-refractivity contribution >= 4 is 27.3 Å². The number of nitrogens with one attached hydrogen (secondary N) is 1. The van der Waals surface area contributed by atoms with Crippen molar-refractivity contribution in [1.82, 2.24) is 0 Å². The van der Waals surface area contributed by atoms with Crippen LogP contribution in [0.2, 0.25) is 5.02 Å². The summed E-state index contributed by atoms with van der Waals surface area (Å²) in [5, 5.41) is 17.2. The number of nitriles is 1. The molecule has 7 heteroatoms. The van der Waals surface area contributed by atoms with Crippen molar-refractivity contribution in [2.24, 2.45) is 5.14 Å². The van der Waals surface area contributed by atoms with Gasteiger partial charge in [0.1, 0.15) is 6.07 Å². The molecule has 92 valence electrons. The summed E-state index contributed by atoms with van der Waals surface area (Å²) in [4.78, 5) is 0. The number of hydrogen-bond acceptors (Lipinski definition) is 4. The first kappa shape index (κ1) is 13.8. The molecule has 3 N–H and O–H groups in total. The Balaban J connectivity index is 2.58. The zero-order valence-electron chi connectivity index (χ0n) is 8.98. The molecule has 5 nitrogen and oxygen atoms in total. The third-order valence-corrected chi connectivity index (χ3v) is 3.12. The van der Waals surface area contributed by atoms with Crippen molar-refractivity contribution < 1.29 is 8.42 Å². The minimum Gasteiger partial charge on any atom is -0.384 e. The molecule has 17 heavy (non-hydrogen) atoms. The van der Waals surface area contributed by atoms with Gasteiger partial charge in [0.05, 0.1) is 17.0 Å². The van der Waals surface area contributed by atoms with Crippen LogP contribution in [0.4, 0.5) is 5.69 Å². The molecule has 0 fully saturated rings. The van der Waals surface area contributed by atoms with Crippen LogP contribution >= 0.6 is 11.6 Å². The fourth-order valence-corrected chi connectivity index (χ4v) is 1.98. The minimum absolute atomic E-state index is 0.0948. The monoisotopic (exact) mass is 273 g/mol. The summed E-state index contributed by atoms with van der Waals surface area (Å²) in [5.41, 5.74) is 1.06. The van der Waals surface area contributed by atoms with Crippen molar-refractivity contribution in [3.63, 3.8) is 0 Å². The van der Waals surface area contributed by atoms with Crippen molar-refractivity contribution in [2.75, 3.05) is 17.6 Å². The highest BCUT2D eigenvalue weighted by molar-refractivity contribution is 7.89. The molecule has 0 aliphatic carbocycles. The average Bonchev–Trinajstić information content (AvgIpc) is 2.23. The zero-order chi connectivity index (χ0) is 12.9. The van der Waals surface area contributed by atoms with Crippen LogP contribution < -0.4 is 10.5 Å². The van der Waals surface area contributed by atoms with Gasteiger partial charge in [0.15, 0.2) is 0 Å². The molecule has 0 amide bonds. The Bertz CT molecular complexity index is 537. The van der Waals surface area contributed by atoms with Crippen LogP contribution in [-0.2, 0) is 10.0 Å². The predicted octanol–water partition coefficient (Wildman–Crippen LogP) is 1.30. The molecule has 0 heterocycles. The highest BCUT2D eigenvalue weighted by Gasteiger charge is 2.04. The van der Waals surface area contributed by atoms with Crippen molar-refractivity contribution in [3.8, 4) is 6.07 Å². The van der Waals surface area contributed by atoms with Gasteiger partial charge in [0.2, 0.25) is 10.0 Å². The van der Waals surface area contributed by atoms with Gasteiger partial charge in [-0.25, -0.2) is 13.6 Å². The second-order valence-electron chi connectivity index (χ2n) is 3.45. The van der Waals surface area contributed by atoms with E-state index < -0.39 is 10.0 Å². The van der Waals surface area contributed by atoms with E-state index in [1.54, 1.807) is 18.2 Å². The van der Waals surface area contributed by atoms with Crippen LogP contribution in [0.3, 0.4) is 0 Å². The van der Waals surface area contributed by atoms with Crippen molar-refractivity contribution in [1.29, 1.82) is 5.26 Å². The largest absolute Gasteiger partial charge is 0.384 e. The molecule has 0 aliphatic heterocycles. The number of benzene rings is 1. The fraction of sp³-hybridized carbons (Fsp3) is 0.300. The fourth-order valence-electron chi connectivity index (χ4n) is 1.26. The maximum Gasteiger partial charge on any atom is 0.209 e. The zero-order valence-corrected chi connectivity index (χ0v) is 10.6. The second kappa shape index (κ2) is 5.87. The lowest BCUT2D eigenvalue weighted by atomic mass is 10.2. The Hall–Kier alpha value is -1.29. The molecule has 0 unspecified atom stereocenters. The van der Waals surface area contributed by atoms with Crippen LogP contribution in [0.15, 0.2) is 18.2 Å². The van der Waals surface area contributed by atoms with E-state index in [0.29, 0.717) is 29.2 Å². The SMILES string of the molecule is N#Cc1ccc(Cl)cc1NCCCS(N)(=O)=O. The lowest BCUT2D eigenvalue weighted by molar-refractivity contribution is 0.596. The molecule has 0 aliphatic rings. The molecule has 1 aromatic carbocycles. The highest BCUT2D eigenvalue weighted by atomic mass is 35.5. The minimum atomic E-state index is -3.43. The first-order valence-corrected chi connectivity index (χ1v) is 6.96. The van der Waals surface area contributed by atoms with Crippen LogP contribution in [0, 0.1) is 11.3 Å². The summed E-state index contributed by atoms with van der Waals surface area (Å²) in [6.45, 7) is 0.408. The molecule has 0 radical (unpaired) electrons. The van der Waals surface area contributed by atoms with Crippen LogP contribution in [0.1, 0.15) is 12.0 Å². The number of anilines is 1. The maximum atomic E-state index is 10.7. The van der Waals surface area contributed by atoms with Crippen LogP contribution in [0.25, 0.3) is 0 Å². The molecule has 0 spiro atoms. The van der Waals surface area contributed by atoms with Gasteiger partial charge in [0, 0.05) is 11.6 Å². The Morgan fingerprint density at radius 3 is 2.76 bits per heavy atom. The van der Waals surface area contributed by atoms with Gasteiger partial charge in [-0.1, -0.05) is 11.6 Å². The number of sulfonamides is 1. The molecular formula is C10H12ClN3O2S. The van der Waals surface area contributed by atoms with E-state index in [0.717, 1.165) is 0 Å². The topological polar surface area (TPSA) is 96.0 Å². The second-order valence-corrected chi connectivity index (χ2v) is 5.62. The van der Waals surface area contributed by atoms with Crippen LogP contribution in [0.5, 0.6) is 0 Å². The third-order valence-electron chi connectivity index (χ3n) is 2.02. The molecule has 0 atom stereocenters. The van der Waals surface area contributed by atoms with Crippen molar-refractivity contribution in [2.45, 2.75) is 6.42 Å². The smallest absolute Gasteiger partial charge is 0.209 e. The number of nitrogens with zero attached hydrogens (tertiary/aromatic N) is 1. The number of halogens is 1. The Labute approximate surface area is 105 Å². The quantitative estimate of drug-likeness (QED) is 0.791. The normalized spacial score (nSPS) is 10.9. The van der Waals surface area contributed by atoms with E-state index in [9.17, 15) is 8.42 Å². The van der Waals surface area contributed by atoms with E-state index >= 15 is 0 Å². The molecule has 0 saturated heterocycles. The predicted molar refractivity (Wildman–Crippen MR) is 67.2 cm³/mol. The van der Waals surface area contributed by atoms with Gasteiger partial charge in [-0.15, -0.1) is 0 Å². The molecule has 1 rings (SSSR count). The highest BCUT2D eigenvalue weighted by Crippen LogP contribution is 2.20. The summed E-state index contributed by atoms with van der Waals surface area (Å²) < 4.78 is 21.4. The molecule has 0 aromatic heterocycles. The standard InChI is InChI=1S/C10H12ClN3O2S/c11-9-3-2-8(7-12)10(6-9)14-4-1-5-17(13,15)16/h2-3,6,14H,1,4-5H2,(H2,13,15,16). The first-order valence-electron chi connectivity index (χ1n) is 4.86. The Morgan fingerprint density at radius 1 is 1.47 bits per heavy atom. The molecule has 0 bridgehead atoms. The summed E-state index contributed by atoms with van der Waals surface area (Å²) in [5.74, 6) is -0.0948. The van der Waals surface area contributed by atoms with Gasteiger partial charge < -0.3 is 5.32 Å². The van der Waals surface area contributed by atoms with E-state index in [-0.39, 0.29) is 5.75 Å². The van der Waals surface area contributed by atoms with Crippen LogP contribution in [-0.4, -0.2) is 20.7 Å². The summed E-state index contributed by atoms with van der Waals surface area (Å²) >= 11 is 5.79. The van der Waals surface area contributed by atoms with Gasteiger partial charge in [-0.05, 0) is 24.6 Å². The summed E-state index contributed by atoms with van der Waals surface area (Å²) in [7, 11) is -3.43. The summed E-state index contributed by atoms with van der Waals surface area (Å²) in [6.07, 6.45) is 0.371. The number of rotatable bonds is 5. The Kier molecular flexibility index (Phi) is 4.75. The lowest BCUT2D eigenvalue weighted by Gasteiger charge is -2.07. The third kappa shape index (κ3) is 5.04. The van der Waals surface area contributed by atoms with Gasteiger partial charge in [0.25, 0.3) is 0 Å². The number of nitrogens with two attached hydrogens (primary N) is 1. The van der Waals surface area contributed by atoms with E-state index in [2.05, 4.69) is 5.32 Å². The average molecular weight is 274 g/mol. The number of hydrogen-bond donors (Lipinski definition) is 2. The molecule has 1 aromatic rings. The molecule has 0 saturated carbocycles. The summed E-state index contributed by atoms with van der Waals surface area (Å²) in [6, 6.07) is 6.86. The van der Waals surface area contributed by atoms with E-state index in [4.69, 9.17) is 22.0 Å². The van der Waals surface area contributed by atoms with Gasteiger partial charge in [-0.3, -0.25) is 0 Å². The van der Waals surface area contributed by atoms with E-state index in [1.165, 1.54) is 0 Å². The first-order chi connectivity index (χ1) is 7.92. The molecular weight excluding hydrogens is 262 g/mol. The van der Waals surface area contributed by atoms with E-state index in [1.807, 2.05) is 6.07 Å². The number of primary sulfonamides is 1. The lowest BCUT2D eigenvalue weighted by Crippen LogP contribution is -2.18. The van der Waals surface area contributed by atoms with Crippen molar-refractivity contribution in [3.05, 3.63) is 28.8 Å². The van der Waals surface area contributed by atoms with Gasteiger partial charge in [-0.2, -0.15) is 5.26 Å². The maximum absolute atomic E-state index is 10.7. The Morgan fingerprint density at radius 2 is 2.18 bits per heavy atom.